The van der Waals surface area contributed by atoms with E-state index in [1.807, 2.05) is 25.3 Å². The third-order valence-corrected chi connectivity index (χ3v) is 6.79. The first kappa shape index (κ1) is 24.3. The first-order valence-corrected chi connectivity index (χ1v) is 12.5. The molecule has 2 amide bonds. The lowest BCUT2D eigenvalue weighted by molar-refractivity contribution is -0.123. The maximum atomic E-state index is 12.6. The molecule has 1 aliphatic rings. The SMILES string of the molecule is Cc1cccc(N2CCN(CCCCNC(=O)C(NC(=O)c3cccs3)C(C)C)CC2)c1. The highest BCUT2D eigenvalue weighted by Crippen LogP contribution is 2.18. The van der Waals surface area contributed by atoms with Crippen LogP contribution in [0.25, 0.3) is 0 Å². The van der Waals surface area contributed by atoms with Crippen molar-refractivity contribution in [2.45, 2.75) is 39.7 Å². The molecule has 1 aromatic carbocycles. The summed E-state index contributed by atoms with van der Waals surface area (Å²) in [5.74, 6) is -0.251. The van der Waals surface area contributed by atoms with Gasteiger partial charge in [-0.25, -0.2) is 0 Å². The van der Waals surface area contributed by atoms with Crippen molar-refractivity contribution in [3.8, 4) is 0 Å². The van der Waals surface area contributed by atoms with E-state index in [1.165, 1.54) is 22.6 Å². The Labute approximate surface area is 196 Å². The Hall–Kier alpha value is -2.38. The second-order valence-corrected chi connectivity index (χ2v) is 9.79. The standard InChI is InChI=1S/C25H36N4O2S/c1-19(2)23(27-24(30)22-10-7-17-32-22)25(31)26-11-4-5-12-28-13-15-29(16-14-28)21-9-6-8-20(3)18-21/h6-10,17-19,23H,4-5,11-16H2,1-3H3,(H,26,31)(H,27,30). The Balaban J connectivity index is 1.32. The monoisotopic (exact) mass is 456 g/mol. The molecule has 0 bridgehead atoms. The second-order valence-electron chi connectivity index (χ2n) is 8.84. The number of nitrogens with zero attached hydrogens (tertiary/aromatic N) is 2. The number of amides is 2. The van der Waals surface area contributed by atoms with Crippen molar-refractivity contribution in [2.24, 2.45) is 5.92 Å². The van der Waals surface area contributed by atoms with Gasteiger partial charge in [-0.05, 0) is 61.4 Å². The van der Waals surface area contributed by atoms with Crippen LogP contribution in [0.4, 0.5) is 5.69 Å². The molecule has 2 aromatic rings. The fourth-order valence-corrected chi connectivity index (χ4v) is 4.62. The van der Waals surface area contributed by atoms with E-state index in [4.69, 9.17) is 0 Å². The molecule has 0 aliphatic carbocycles. The second kappa shape index (κ2) is 12.0. The minimum atomic E-state index is -0.515. The van der Waals surface area contributed by atoms with E-state index < -0.39 is 6.04 Å². The van der Waals surface area contributed by atoms with Crippen molar-refractivity contribution < 1.29 is 9.59 Å². The minimum absolute atomic E-state index is 0.0311. The number of nitrogens with one attached hydrogen (secondary N) is 2. The third-order valence-electron chi connectivity index (χ3n) is 5.92. The lowest BCUT2D eigenvalue weighted by atomic mass is 10.0. The largest absolute Gasteiger partial charge is 0.369 e. The fourth-order valence-electron chi connectivity index (χ4n) is 3.99. The van der Waals surface area contributed by atoms with Gasteiger partial charge in [0.2, 0.25) is 5.91 Å². The fraction of sp³-hybridized carbons (Fsp3) is 0.520. The number of benzene rings is 1. The van der Waals surface area contributed by atoms with Crippen LogP contribution in [0.5, 0.6) is 0 Å². The highest BCUT2D eigenvalue weighted by atomic mass is 32.1. The topological polar surface area (TPSA) is 64.7 Å². The number of thiophene rings is 1. The van der Waals surface area contributed by atoms with Crippen molar-refractivity contribution in [3.63, 3.8) is 0 Å². The van der Waals surface area contributed by atoms with E-state index in [0.717, 1.165) is 45.6 Å². The van der Waals surface area contributed by atoms with Gasteiger partial charge in [0.05, 0.1) is 4.88 Å². The van der Waals surface area contributed by atoms with E-state index in [1.54, 1.807) is 6.07 Å². The van der Waals surface area contributed by atoms with Crippen LogP contribution < -0.4 is 15.5 Å². The number of piperazine rings is 1. The molecule has 0 spiro atoms. The van der Waals surface area contributed by atoms with Crippen LogP contribution in [-0.2, 0) is 4.79 Å². The van der Waals surface area contributed by atoms with Gasteiger partial charge < -0.3 is 15.5 Å². The van der Waals surface area contributed by atoms with Crippen molar-refractivity contribution in [1.82, 2.24) is 15.5 Å². The average molecular weight is 457 g/mol. The Morgan fingerprint density at radius 1 is 1.06 bits per heavy atom. The maximum Gasteiger partial charge on any atom is 0.262 e. The summed E-state index contributed by atoms with van der Waals surface area (Å²) in [5, 5.41) is 7.75. The molecule has 1 aliphatic heterocycles. The molecule has 1 saturated heterocycles. The summed E-state index contributed by atoms with van der Waals surface area (Å²) >= 11 is 1.38. The van der Waals surface area contributed by atoms with Crippen molar-refractivity contribution in [3.05, 3.63) is 52.2 Å². The summed E-state index contributed by atoms with van der Waals surface area (Å²) in [6.45, 7) is 12.0. The molecule has 1 atom stereocenters. The third kappa shape index (κ3) is 7.07. The molecule has 7 heteroatoms. The molecule has 6 nitrogen and oxygen atoms in total. The summed E-state index contributed by atoms with van der Waals surface area (Å²) in [7, 11) is 0. The highest BCUT2D eigenvalue weighted by Gasteiger charge is 2.24. The van der Waals surface area contributed by atoms with Gasteiger partial charge in [0.25, 0.3) is 5.91 Å². The predicted octanol–water partition coefficient (Wildman–Crippen LogP) is 3.53. The predicted molar refractivity (Wildman–Crippen MR) is 132 cm³/mol. The van der Waals surface area contributed by atoms with Crippen molar-refractivity contribution >= 4 is 28.8 Å². The molecule has 174 valence electrons. The number of unbranched alkanes of at least 4 members (excludes halogenated alkanes) is 1. The van der Waals surface area contributed by atoms with Gasteiger partial charge in [-0.3, -0.25) is 14.5 Å². The van der Waals surface area contributed by atoms with Crippen LogP contribution >= 0.6 is 11.3 Å². The van der Waals surface area contributed by atoms with Gasteiger partial charge >= 0.3 is 0 Å². The van der Waals surface area contributed by atoms with Crippen LogP contribution in [0.3, 0.4) is 0 Å². The van der Waals surface area contributed by atoms with E-state index in [0.29, 0.717) is 11.4 Å². The smallest absolute Gasteiger partial charge is 0.262 e. The normalized spacial score (nSPS) is 15.6. The molecular weight excluding hydrogens is 420 g/mol. The van der Waals surface area contributed by atoms with Crippen LogP contribution in [0.1, 0.15) is 41.9 Å². The summed E-state index contributed by atoms with van der Waals surface area (Å²) in [5.41, 5.74) is 2.62. The molecule has 1 fully saturated rings. The number of aryl methyl sites for hydroxylation is 1. The average Bonchev–Trinajstić information content (AvgIpc) is 3.32. The Morgan fingerprint density at radius 2 is 1.84 bits per heavy atom. The van der Waals surface area contributed by atoms with Gasteiger partial charge in [-0.1, -0.05) is 32.0 Å². The lowest BCUT2D eigenvalue weighted by Gasteiger charge is -2.36. The summed E-state index contributed by atoms with van der Waals surface area (Å²) in [6, 6.07) is 11.8. The zero-order valence-electron chi connectivity index (χ0n) is 19.5. The molecule has 0 saturated carbocycles. The Bertz CT molecular complexity index is 861. The summed E-state index contributed by atoms with van der Waals surface area (Å²) in [6.07, 6.45) is 1.99. The summed E-state index contributed by atoms with van der Waals surface area (Å²) in [4.78, 5) is 30.5. The van der Waals surface area contributed by atoms with Crippen molar-refractivity contribution in [2.75, 3.05) is 44.2 Å². The van der Waals surface area contributed by atoms with Crippen LogP contribution in [0, 0.1) is 12.8 Å². The Morgan fingerprint density at radius 3 is 2.50 bits per heavy atom. The van der Waals surface area contributed by atoms with Crippen LogP contribution in [0.2, 0.25) is 0 Å². The Kier molecular flexibility index (Phi) is 9.11. The number of hydrogen-bond acceptors (Lipinski definition) is 5. The number of carbonyl (C=O) groups excluding carboxylic acids is 2. The summed E-state index contributed by atoms with van der Waals surface area (Å²) < 4.78 is 0. The number of rotatable bonds is 10. The molecule has 32 heavy (non-hydrogen) atoms. The molecule has 2 N–H and O–H groups in total. The molecule has 1 aromatic heterocycles. The zero-order valence-corrected chi connectivity index (χ0v) is 20.3. The van der Waals surface area contributed by atoms with E-state index in [2.05, 4.69) is 51.6 Å². The first-order chi connectivity index (χ1) is 15.4. The number of carbonyl (C=O) groups is 2. The highest BCUT2D eigenvalue weighted by molar-refractivity contribution is 7.12. The molecule has 3 rings (SSSR count). The van der Waals surface area contributed by atoms with Gasteiger partial charge in [0, 0.05) is 38.4 Å². The maximum absolute atomic E-state index is 12.6. The van der Waals surface area contributed by atoms with E-state index in [-0.39, 0.29) is 17.7 Å². The van der Waals surface area contributed by atoms with Crippen LogP contribution in [-0.4, -0.2) is 62.0 Å². The zero-order chi connectivity index (χ0) is 22.9. The van der Waals surface area contributed by atoms with E-state index in [9.17, 15) is 9.59 Å². The molecular formula is C25H36N4O2S. The number of hydrogen-bond donors (Lipinski definition) is 2. The van der Waals surface area contributed by atoms with Crippen LogP contribution in [0.15, 0.2) is 41.8 Å². The quantitative estimate of drug-likeness (QED) is 0.537. The molecule has 1 unspecified atom stereocenters. The first-order valence-electron chi connectivity index (χ1n) is 11.6. The number of anilines is 1. The lowest BCUT2D eigenvalue weighted by Crippen LogP contribution is -2.49. The molecule has 0 radical (unpaired) electrons. The molecule has 2 heterocycles. The van der Waals surface area contributed by atoms with Crippen molar-refractivity contribution in [1.29, 1.82) is 0 Å². The van der Waals surface area contributed by atoms with Gasteiger partial charge in [0.15, 0.2) is 0 Å². The van der Waals surface area contributed by atoms with E-state index >= 15 is 0 Å². The minimum Gasteiger partial charge on any atom is -0.369 e. The van der Waals surface area contributed by atoms with Gasteiger partial charge in [-0.2, -0.15) is 0 Å². The van der Waals surface area contributed by atoms with Gasteiger partial charge in [0.1, 0.15) is 6.04 Å². The van der Waals surface area contributed by atoms with Gasteiger partial charge in [-0.15, -0.1) is 11.3 Å².